The number of aliphatic hydroxyl groups is 1. The number of aliphatic hydroxyl groups excluding tert-OH is 1. The third kappa shape index (κ3) is 3.81. The quantitative estimate of drug-likeness (QED) is 0.525. The monoisotopic (exact) mass is 198 g/mol. The Labute approximate surface area is 87.0 Å². The molecule has 1 N–H and O–H groups in total. The van der Waals surface area contributed by atoms with Crippen molar-refractivity contribution in [2.24, 2.45) is 5.92 Å². The topological polar surface area (TPSA) is 29.5 Å². The number of ether oxygens (including phenoxy) is 1. The largest absolute Gasteiger partial charge is 0.396 e. The Morgan fingerprint density at radius 1 is 1.43 bits per heavy atom. The molecule has 1 rings (SSSR count). The molecule has 0 bridgehead atoms. The zero-order valence-electron chi connectivity index (χ0n) is 8.95. The maximum atomic E-state index is 8.72. The molecule has 0 aromatic rings. The smallest absolute Gasteiger partial charge is 0.0637 e. The zero-order valence-corrected chi connectivity index (χ0v) is 8.95. The van der Waals surface area contributed by atoms with Crippen LogP contribution in [0, 0.1) is 5.92 Å². The van der Waals surface area contributed by atoms with Crippen molar-refractivity contribution in [1.82, 2.24) is 0 Å². The minimum Gasteiger partial charge on any atom is -0.396 e. The van der Waals surface area contributed by atoms with Crippen LogP contribution in [0.4, 0.5) is 0 Å². The molecule has 0 aromatic heterocycles. The molecule has 0 saturated carbocycles. The second-order valence-electron chi connectivity index (χ2n) is 4.06. The van der Waals surface area contributed by atoms with Crippen LogP contribution >= 0.6 is 0 Å². The molecule has 1 fully saturated rings. The van der Waals surface area contributed by atoms with Crippen LogP contribution in [0.2, 0.25) is 0 Å². The van der Waals surface area contributed by atoms with E-state index in [4.69, 9.17) is 9.84 Å². The molecule has 1 aliphatic rings. The first kappa shape index (κ1) is 11.7. The molecule has 2 atom stereocenters. The van der Waals surface area contributed by atoms with Crippen molar-refractivity contribution >= 4 is 0 Å². The highest BCUT2D eigenvalue weighted by atomic mass is 16.5. The van der Waals surface area contributed by atoms with Gasteiger partial charge in [-0.05, 0) is 38.0 Å². The molecule has 0 aromatic carbocycles. The van der Waals surface area contributed by atoms with Gasteiger partial charge in [0.2, 0.25) is 0 Å². The fourth-order valence-corrected chi connectivity index (χ4v) is 2.18. The normalized spacial score (nSPS) is 27.5. The van der Waals surface area contributed by atoms with Gasteiger partial charge in [-0.1, -0.05) is 12.5 Å². The van der Waals surface area contributed by atoms with Gasteiger partial charge in [-0.15, -0.1) is 6.58 Å². The van der Waals surface area contributed by atoms with Gasteiger partial charge in [0.05, 0.1) is 6.10 Å². The summed E-state index contributed by atoms with van der Waals surface area (Å²) in [5.41, 5.74) is 0. The fourth-order valence-electron chi connectivity index (χ4n) is 2.18. The van der Waals surface area contributed by atoms with E-state index in [2.05, 4.69) is 6.58 Å². The molecule has 0 radical (unpaired) electrons. The van der Waals surface area contributed by atoms with Gasteiger partial charge < -0.3 is 9.84 Å². The molecule has 2 heteroatoms. The molecule has 0 aliphatic carbocycles. The van der Waals surface area contributed by atoms with E-state index in [9.17, 15) is 0 Å². The molecule has 0 spiro atoms. The first-order valence-electron chi connectivity index (χ1n) is 5.72. The van der Waals surface area contributed by atoms with Crippen molar-refractivity contribution in [2.75, 3.05) is 13.2 Å². The maximum Gasteiger partial charge on any atom is 0.0637 e. The van der Waals surface area contributed by atoms with Crippen LogP contribution in [0.25, 0.3) is 0 Å². The van der Waals surface area contributed by atoms with E-state index in [1.165, 1.54) is 19.3 Å². The zero-order chi connectivity index (χ0) is 10.2. The lowest BCUT2D eigenvalue weighted by atomic mass is 9.88. The first-order chi connectivity index (χ1) is 6.88. The molecule has 1 heterocycles. The number of hydrogen-bond acceptors (Lipinski definition) is 2. The van der Waals surface area contributed by atoms with E-state index in [0.717, 1.165) is 25.9 Å². The minimum atomic E-state index is 0.319. The molecule has 2 nitrogen and oxygen atoms in total. The Bertz CT molecular complexity index is 156. The summed E-state index contributed by atoms with van der Waals surface area (Å²) >= 11 is 0. The van der Waals surface area contributed by atoms with E-state index in [1.54, 1.807) is 0 Å². The van der Waals surface area contributed by atoms with Gasteiger partial charge in [-0.3, -0.25) is 0 Å². The van der Waals surface area contributed by atoms with E-state index in [-0.39, 0.29) is 0 Å². The fraction of sp³-hybridized carbons (Fsp3) is 0.833. The molecule has 2 unspecified atom stereocenters. The van der Waals surface area contributed by atoms with E-state index < -0.39 is 0 Å². The lowest BCUT2D eigenvalue weighted by molar-refractivity contribution is -0.0275. The van der Waals surface area contributed by atoms with Gasteiger partial charge in [0.1, 0.15) is 0 Å². The highest BCUT2D eigenvalue weighted by Crippen LogP contribution is 2.27. The summed E-state index contributed by atoms with van der Waals surface area (Å²) in [7, 11) is 0. The van der Waals surface area contributed by atoms with Crippen molar-refractivity contribution in [1.29, 1.82) is 0 Å². The Morgan fingerprint density at radius 2 is 2.29 bits per heavy atom. The molecule has 1 saturated heterocycles. The summed E-state index contributed by atoms with van der Waals surface area (Å²) in [6.45, 7) is 5.00. The standard InChI is InChI=1S/C12H22O2/c1-2-6-12-11(7-3-4-9-13)8-5-10-14-12/h2,11-13H,1,3-10H2. The average Bonchev–Trinajstić information content (AvgIpc) is 2.21. The van der Waals surface area contributed by atoms with E-state index in [1.807, 2.05) is 6.08 Å². The first-order valence-corrected chi connectivity index (χ1v) is 5.72. The van der Waals surface area contributed by atoms with Crippen LogP contribution in [-0.2, 0) is 4.74 Å². The Kier molecular flexibility index (Phi) is 5.88. The van der Waals surface area contributed by atoms with Crippen molar-refractivity contribution in [3.8, 4) is 0 Å². The summed E-state index contributed by atoms with van der Waals surface area (Å²) in [4.78, 5) is 0. The predicted molar refractivity (Wildman–Crippen MR) is 58.2 cm³/mol. The van der Waals surface area contributed by atoms with Gasteiger partial charge in [0, 0.05) is 13.2 Å². The molecule has 1 aliphatic heterocycles. The van der Waals surface area contributed by atoms with Crippen LogP contribution in [0.5, 0.6) is 0 Å². The number of hydrogen-bond donors (Lipinski definition) is 1. The van der Waals surface area contributed by atoms with Gasteiger partial charge in [-0.2, -0.15) is 0 Å². The highest BCUT2D eigenvalue weighted by molar-refractivity contribution is 4.81. The summed E-state index contributed by atoms with van der Waals surface area (Å²) in [6.07, 6.45) is 9.04. The molecule has 14 heavy (non-hydrogen) atoms. The predicted octanol–water partition coefficient (Wildman–Crippen LogP) is 2.52. The van der Waals surface area contributed by atoms with Crippen molar-refractivity contribution < 1.29 is 9.84 Å². The second kappa shape index (κ2) is 7.02. The van der Waals surface area contributed by atoms with Crippen LogP contribution in [0.15, 0.2) is 12.7 Å². The average molecular weight is 198 g/mol. The third-order valence-corrected chi connectivity index (χ3v) is 2.96. The van der Waals surface area contributed by atoms with E-state index >= 15 is 0 Å². The molecule has 0 amide bonds. The van der Waals surface area contributed by atoms with E-state index in [0.29, 0.717) is 18.6 Å². The Hall–Kier alpha value is -0.340. The summed E-state index contributed by atoms with van der Waals surface area (Å²) < 4.78 is 5.73. The van der Waals surface area contributed by atoms with Gasteiger partial charge in [0.15, 0.2) is 0 Å². The van der Waals surface area contributed by atoms with Gasteiger partial charge >= 0.3 is 0 Å². The van der Waals surface area contributed by atoms with Gasteiger partial charge in [0.25, 0.3) is 0 Å². The van der Waals surface area contributed by atoms with Crippen LogP contribution in [-0.4, -0.2) is 24.4 Å². The van der Waals surface area contributed by atoms with Crippen molar-refractivity contribution in [3.63, 3.8) is 0 Å². The second-order valence-corrected chi connectivity index (χ2v) is 4.06. The Morgan fingerprint density at radius 3 is 3.00 bits per heavy atom. The molecule has 82 valence electrons. The lowest BCUT2D eigenvalue weighted by Crippen LogP contribution is -2.29. The van der Waals surface area contributed by atoms with Crippen LogP contribution < -0.4 is 0 Å². The number of rotatable bonds is 6. The van der Waals surface area contributed by atoms with Crippen LogP contribution in [0.3, 0.4) is 0 Å². The third-order valence-electron chi connectivity index (χ3n) is 2.96. The van der Waals surface area contributed by atoms with Crippen LogP contribution in [0.1, 0.15) is 38.5 Å². The van der Waals surface area contributed by atoms with Crippen molar-refractivity contribution in [2.45, 2.75) is 44.6 Å². The molecular weight excluding hydrogens is 176 g/mol. The number of unbranched alkanes of at least 4 members (excludes halogenated alkanes) is 1. The summed E-state index contributed by atoms with van der Waals surface area (Å²) in [5.74, 6) is 0.688. The highest BCUT2D eigenvalue weighted by Gasteiger charge is 2.23. The Balaban J connectivity index is 2.26. The maximum absolute atomic E-state index is 8.72. The minimum absolute atomic E-state index is 0.319. The SMILES string of the molecule is C=CCC1OCCCC1CCCCO. The molecular formula is C12H22O2. The summed E-state index contributed by atoms with van der Waals surface area (Å²) in [6, 6.07) is 0. The van der Waals surface area contributed by atoms with Gasteiger partial charge in [-0.25, -0.2) is 0 Å². The van der Waals surface area contributed by atoms with Crippen molar-refractivity contribution in [3.05, 3.63) is 12.7 Å². The lowest BCUT2D eigenvalue weighted by Gasteiger charge is -2.31. The summed E-state index contributed by atoms with van der Waals surface area (Å²) in [5, 5.41) is 8.72.